The lowest BCUT2D eigenvalue weighted by Crippen LogP contribution is -2.46. The number of carbonyl (C=O) groups is 3. The number of ether oxygens (including phenoxy) is 1. The molecule has 4 heterocycles. The predicted octanol–water partition coefficient (Wildman–Crippen LogP) is 2.50. The Morgan fingerprint density at radius 1 is 1.20 bits per heavy atom. The molecule has 3 aliphatic heterocycles. The number of aromatic nitrogens is 1. The van der Waals surface area contributed by atoms with Crippen molar-refractivity contribution in [1.82, 2.24) is 15.4 Å². The van der Waals surface area contributed by atoms with Crippen molar-refractivity contribution in [1.29, 1.82) is 0 Å². The zero-order chi connectivity index (χ0) is 24.2. The molecule has 2 bridgehead atoms. The summed E-state index contributed by atoms with van der Waals surface area (Å²) in [6, 6.07) is 10.3. The number of rotatable bonds is 6. The second kappa shape index (κ2) is 8.34. The zero-order valence-corrected chi connectivity index (χ0v) is 19.5. The maximum atomic E-state index is 13.9. The van der Waals surface area contributed by atoms with E-state index in [1.54, 1.807) is 17.9 Å². The molecule has 3 amide bonds. The highest BCUT2D eigenvalue weighted by Crippen LogP contribution is 2.53. The molecule has 1 aliphatic carbocycles. The smallest absolute Gasteiger partial charge is 0.247 e. The number of nitrogens with one attached hydrogen (secondary N) is 2. The number of likely N-dealkylation sites (tertiary alicyclic amines) is 1. The van der Waals surface area contributed by atoms with Gasteiger partial charge in [-0.25, -0.2) is 0 Å². The minimum atomic E-state index is -0.926. The monoisotopic (exact) mass is 476 g/mol. The van der Waals surface area contributed by atoms with Gasteiger partial charge < -0.3 is 24.8 Å². The number of benzene rings is 1. The van der Waals surface area contributed by atoms with E-state index in [9.17, 15) is 14.4 Å². The van der Waals surface area contributed by atoms with E-state index in [-0.39, 0.29) is 30.3 Å². The molecule has 35 heavy (non-hydrogen) atoms. The fourth-order valence-corrected chi connectivity index (χ4v) is 6.14. The van der Waals surface area contributed by atoms with Gasteiger partial charge in [0.25, 0.3) is 0 Å². The van der Waals surface area contributed by atoms with Crippen LogP contribution in [0.1, 0.15) is 43.0 Å². The van der Waals surface area contributed by atoms with Gasteiger partial charge in [-0.15, -0.1) is 0 Å². The summed E-state index contributed by atoms with van der Waals surface area (Å²) < 4.78 is 11.3. The molecular weight excluding hydrogens is 448 g/mol. The van der Waals surface area contributed by atoms with Crippen LogP contribution < -0.4 is 10.6 Å². The molecule has 2 N–H and O–H groups in total. The summed E-state index contributed by atoms with van der Waals surface area (Å²) in [4.78, 5) is 42.3. The molecule has 1 aromatic carbocycles. The number of amides is 3. The third-order valence-corrected chi connectivity index (χ3v) is 7.69. The number of nitrogens with zero attached hydrogens (tertiary/aromatic N) is 2. The van der Waals surface area contributed by atoms with Crippen molar-refractivity contribution in [2.45, 2.75) is 56.4 Å². The number of fused-ring (bicyclic) bond motifs is 1. The van der Waals surface area contributed by atoms with E-state index in [0.29, 0.717) is 11.6 Å². The Labute approximate surface area is 202 Å². The highest BCUT2D eigenvalue weighted by molar-refractivity contribution is 6.00. The number of hydrogen-bond acceptors (Lipinski definition) is 6. The minimum absolute atomic E-state index is 0.125. The van der Waals surface area contributed by atoms with E-state index < -0.39 is 29.6 Å². The van der Waals surface area contributed by atoms with Gasteiger partial charge in [0, 0.05) is 12.1 Å². The maximum absolute atomic E-state index is 13.9. The fraction of sp³-hybridized carbons (Fsp3) is 0.462. The van der Waals surface area contributed by atoms with Gasteiger partial charge in [0.05, 0.1) is 24.5 Å². The summed E-state index contributed by atoms with van der Waals surface area (Å²) in [6.45, 7) is 1.95. The van der Waals surface area contributed by atoms with E-state index in [1.807, 2.05) is 42.5 Å². The predicted molar refractivity (Wildman–Crippen MR) is 125 cm³/mol. The average molecular weight is 477 g/mol. The van der Waals surface area contributed by atoms with Gasteiger partial charge in [-0.1, -0.05) is 60.5 Å². The van der Waals surface area contributed by atoms with Gasteiger partial charge in [-0.05, 0) is 25.3 Å². The van der Waals surface area contributed by atoms with Gasteiger partial charge in [0.1, 0.15) is 17.4 Å². The van der Waals surface area contributed by atoms with E-state index >= 15 is 0 Å². The lowest BCUT2D eigenvalue weighted by molar-refractivity contribution is -0.142. The molecule has 6 rings (SSSR count). The van der Waals surface area contributed by atoms with Crippen molar-refractivity contribution in [3.05, 3.63) is 59.9 Å². The van der Waals surface area contributed by atoms with Crippen molar-refractivity contribution < 1.29 is 23.6 Å². The molecule has 182 valence electrons. The van der Waals surface area contributed by atoms with E-state index in [4.69, 9.17) is 9.26 Å². The average Bonchev–Trinajstić information content (AvgIpc) is 3.66. The molecule has 1 spiro atoms. The lowest BCUT2D eigenvalue weighted by atomic mass is 9.77. The van der Waals surface area contributed by atoms with Gasteiger partial charge in [0.2, 0.25) is 17.7 Å². The fourth-order valence-electron chi connectivity index (χ4n) is 6.14. The molecule has 2 saturated heterocycles. The van der Waals surface area contributed by atoms with Gasteiger partial charge >= 0.3 is 0 Å². The van der Waals surface area contributed by atoms with Crippen LogP contribution >= 0.6 is 0 Å². The van der Waals surface area contributed by atoms with E-state index in [0.717, 1.165) is 31.2 Å². The van der Waals surface area contributed by atoms with Crippen molar-refractivity contribution in [2.75, 3.05) is 11.9 Å². The van der Waals surface area contributed by atoms with Crippen molar-refractivity contribution in [3.63, 3.8) is 0 Å². The number of carbonyl (C=O) groups excluding carboxylic acids is 3. The molecule has 0 radical (unpaired) electrons. The molecule has 2 aromatic rings. The number of aryl methyl sites for hydroxylation is 1. The molecular formula is C26H28N4O5. The third-order valence-electron chi connectivity index (χ3n) is 7.69. The van der Waals surface area contributed by atoms with Gasteiger partial charge in [-0.2, -0.15) is 0 Å². The van der Waals surface area contributed by atoms with Crippen molar-refractivity contribution in [2.24, 2.45) is 11.8 Å². The Bertz CT molecular complexity index is 1190. The summed E-state index contributed by atoms with van der Waals surface area (Å²) in [5.41, 5.74) is -0.185. The van der Waals surface area contributed by atoms with Crippen LogP contribution in [0.15, 0.2) is 53.1 Å². The van der Waals surface area contributed by atoms with Crippen LogP contribution in [-0.4, -0.2) is 52.1 Å². The van der Waals surface area contributed by atoms with Gasteiger partial charge in [0.15, 0.2) is 5.82 Å². The number of anilines is 1. The Morgan fingerprint density at radius 3 is 2.69 bits per heavy atom. The Hall–Kier alpha value is -3.46. The first-order chi connectivity index (χ1) is 16.9. The van der Waals surface area contributed by atoms with Crippen molar-refractivity contribution >= 4 is 23.5 Å². The zero-order valence-electron chi connectivity index (χ0n) is 19.5. The van der Waals surface area contributed by atoms with Crippen LogP contribution in [-0.2, 0) is 19.1 Å². The largest absolute Gasteiger partial charge is 0.360 e. The second-order valence-corrected chi connectivity index (χ2v) is 9.98. The standard InChI is InChI=1S/C26H28N4O5/c1-15-13-19(29-35-15)28-23(31)20-18-11-12-26(34-18)14-30(25(33)21(20)26)22(16-7-3-2-4-8-16)24(32)27-17-9-5-6-10-17/h2-4,7-8,11-13,17-18,20-22H,5-6,9-10,14H2,1H3,(H,27,32)(H,28,29,31)/t18-,20-,21+,22-,26+/m1/s1. The first kappa shape index (κ1) is 22.0. The number of hydrogen-bond donors (Lipinski definition) is 2. The van der Waals surface area contributed by atoms with Crippen molar-refractivity contribution in [3.8, 4) is 0 Å². The summed E-state index contributed by atoms with van der Waals surface area (Å²) in [6.07, 6.45) is 7.33. The van der Waals surface area contributed by atoms with E-state index in [2.05, 4.69) is 15.8 Å². The first-order valence-corrected chi connectivity index (χ1v) is 12.2. The Morgan fingerprint density at radius 2 is 1.97 bits per heavy atom. The van der Waals surface area contributed by atoms with Crippen LogP contribution in [0.4, 0.5) is 5.82 Å². The molecule has 5 atom stereocenters. The summed E-state index contributed by atoms with van der Waals surface area (Å²) in [7, 11) is 0. The summed E-state index contributed by atoms with van der Waals surface area (Å²) in [5, 5.41) is 9.75. The quantitative estimate of drug-likeness (QED) is 0.620. The molecule has 0 unspecified atom stereocenters. The van der Waals surface area contributed by atoms with Crippen LogP contribution in [0.25, 0.3) is 0 Å². The summed E-state index contributed by atoms with van der Waals surface area (Å²) >= 11 is 0. The Kier molecular flexibility index (Phi) is 5.25. The van der Waals surface area contributed by atoms with Gasteiger partial charge in [-0.3, -0.25) is 14.4 Å². The third kappa shape index (κ3) is 3.65. The highest BCUT2D eigenvalue weighted by Gasteiger charge is 2.68. The molecule has 3 fully saturated rings. The van der Waals surface area contributed by atoms with E-state index in [1.165, 1.54) is 0 Å². The van der Waals surface area contributed by atoms with Crippen LogP contribution in [0, 0.1) is 18.8 Å². The normalized spacial score (nSPS) is 30.0. The Balaban J connectivity index is 1.29. The molecule has 4 aliphatic rings. The first-order valence-electron chi connectivity index (χ1n) is 12.2. The summed E-state index contributed by atoms with van der Waals surface area (Å²) in [5.74, 6) is -1.34. The molecule has 1 saturated carbocycles. The molecule has 1 aromatic heterocycles. The second-order valence-electron chi connectivity index (χ2n) is 9.98. The van der Waals surface area contributed by atoms with Crippen LogP contribution in [0.3, 0.4) is 0 Å². The topological polar surface area (TPSA) is 114 Å². The SMILES string of the molecule is Cc1cc(NC(=O)[C@H]2[C@H]3C(=O)N([C@@H](C(=O)NC4CCCC4)c4ccccc4)C[C@@]34C=C[C@H]2O4)no1. The molecule has 9 heteroatoms. The lowest BCUT2D eigenvalue weighted by Gasteiger charge is -2.30. The minimum Gasteiger partial charge on any atom is -0.360 e. The van der Waals surface area contributed by atoms with Crippen LogP contribution in [0.5, 0.6) is 0 Å². The maximum Gasteiger partial charge on any atom is 0.247 e. The highest BCUT2D eigenvalue weighted by atomic mass is 16.5. The molecule has 9 nitrogen and oxygen atoms in total. The van der Waals surface area contributed by atoms with Crippen LogP contribution in [0.2, 0.25) is 0 Å².